The number of hydrogen-bond donors (Lipinski definition) is 0. The second-order valence-corrected chi connectivity index (χ2v) is 13.8. The zero-order valence-electron chi connectivity index (χ0n) is 29.1. The number of aromatic nitrogens is 3. The lowest BCUT2D eigenvalue weighted by atomic mass is 9.89. The summed E-state index contributed by atoms with van der Waals surface area (Å²) in [7, 11) is 0. The van der Waals surface area contributed by atoms with Crippen LogP contribution in [0.5, 0.6) is 0 Å². The Hall–Kier alpha value is -7.30. The molecule has 0 N–H and O–H groups in total. The van der Waals surface area contributed by atoms with Gasteiger partial charge in [0.05, 0.1) is 11.0 Å². The number of rotatable bonds is 5. The molecule has 4 nitrogen and oxygen atoms in total. The van der Waals surface area contributed by atoms with Gasteiger partial charge in [0.15, 0.2) is 0 Å². The third-order valence-corrected chi connectivity index (χ3v) is 10.7. The van der Waals surface area contributed by atoms with Crippen molar-refractivity contribution < 1.29 is 4.42 Å². The summed E-state index contributed by atoms with van der Waals surface area (Å²) in [6.45, 7) is 0. The highest BCUT2D eigenvalue weighted by molar-refractivity contribution is 6.37. The molecule has 0 amide bonds. The molecule has 0 spiro atoms. The van der Waals surface area contributed by atoms with E-state index in [4.69, 9.17) is 4.42 Å². The molecule has 11 aromatic rings. The number of nitrogens with zero attached hydrogens (tertiary/aromatic N) is 3. The van der Waals surface area contributed by atoms with Gasteiger partial charge in [-0.1, -0.05) is 133 Å². The summed E-state index contributed by atoms with van der Waals surface area (Å²) in [5.41, 5.74) is 10.0. The van der Waals surface area contributed by atoms with E-state index in [1.807, 2.05) is 30.3 Å². The van der Waals surface area contributed by atoms with Crippen LogP contribution in [0, 0.1) is 0 Å². The fraction of sp³-hybridized carbons (Fsp3) is 0. The molecule has 0 radical (unpaired) electrons. The van der Waals surface area contributed by atoms with E-state index >= 15 is 0 Å². The predicted molar refractivity (Wildman–Crippen MR) is 223 cm³/mol. The first kappa shape index (κ1) is 30.3. The molecular formula is C50H31N3O. The Morgan fingerprint density at radius 2 is 0.852 bits per heavy atom. The fourth-order valence-electron chi connectivity index (χ4n) is 8.30. The molecule has 0 fully saturated rings. The fourth-order valence-corrected chi connectivity index (χ4v) is 8.30. The molecule has 0 aliphatic carbocycles. The number of fused-ring (bicyclic) bond motifs is 10. The van der Waals surface area contributed by atoms with E-state index in [2.05, 4.69) is 172 Å². The maximum atomic E-state index is 6.07. The van der Waals surface area contributed by atoms with Gasteiger partial charge in [-0.2, -0.15) is 0 Å². The minimum atomic E-state index is 0.503. The molecule has 0 aliphatic rings. The Morgan fingerprint density at radius 1 is 0.352 bits per heavy atom. The first-order chi connectivity index (χ1) is 26.8. The van der Waals surface area contributed by atoms with E-state index < -0.39 is 0 Å². The van der Waals surface area contributed by atoms with Crippen LogP contribution < -0.4 is 0 Å². The number of hydrogen-bond acceptors (Lipinski definition) is 3. The average Bonchev–Trinajstić information content (AvgIpc) is 3.88. The van der Waals surface area contributed by atoms with Crippen LogP contribution in [0.2, 0.25) is 0 Å². The largest absolute Gasteiger partial charge is 0.416 e. The van der Waals surface area contributed by atoms with Crippen LogP contribution in [-0.4, -0.2) is 14.8 Å². The van der Waals surface area contributed by atoms with Crippen molar-refractivity contribution in [3.8, 4) is 50.8 Å². The molecule has 54 heavy (non-hydrogen) atoms. The minimum Gasteiger partial charge on any atom is -0.416 e. The summed E-state index contributed by atoms with van der Waals surface area (Å²) >= 11 is 0. The maximum Gasteiger partial charge on any atom is 0.248 e. The molecule has 0 bridgehead atoms. The lowest BCUT2D eigenvalue weighted by Gasteiger charge is -2.17. The number of benzene rings is 9. The van der Waals surface area contributed by atoms with Crippen LogP contribution in [0.4, 0.5) is 0 Å². The molecule has 9 aromatic carbocycles. The molecule has 0 atom stereocenters. The minimum absolute atomic E-state index is 0.503. The Labute approximate surface area is 311 Å². The molecule has 0 saturated carbocycles. The highest BCUT2D eigenvalue weighted by Crippen LogP contribution is 2.47. The molecule has 4 heteroatoms. The van der Waals surface area contributed by atoms with Gasteiger partial charge < -0.3 is 8.98 Å². The molecular weight excluding hydrogens is 659 g/mol. The SMILES string of the molecule is c1ccc(-c2nnc(-c3ccc(-c4ccc5c(c4)c4c6ccccc6c6cc(-c7ccccc7)c7ccccc7c6c4n5-c4ccccc4)cc3)o2)cc1. The van der Waals surface area contributed by atoms with Crippen molar-refractivity contribution >= 4 is 54.1 Å². The smallest absolute Gasteiger partial charge is 0.248 e. The van der Waals surface area contributed by atoms with Gasteiger partial charge in [0, 0.05) is 33.0 Å². The zero-order valence-corrected chi connectivity index (χ0v) is 29.1. The van der Waals surface area contributed by atoms with E-state index in [1.165, 1.54) is 65.3 Å². The molecule has 252 valence electrons. The summed E-state index contributed by atoms with van der Waals surface area (Å²) in [6.07, 6.45) is 0. The van der Waals surface area contributed by atoms with Crippen molar-refractivity contribution in [1.29, 1.82) is 0 Å². The van der Waals surface area contributed by atoms with Crippen molar-refractivity contribution in [3.63, 3.8) is 0 Å². The van der Waals surface area contributed by atoms with Gasteiger partial charge in [0.2, 0.25) is 11.8 Å². The Kier molecular flexibility index (Phi) is 6.82. The average molecular weight is 690 g/mol. The van der Waals surface area contributed by atoms with Crippen LogP contribution in [0.1, 0.15) is 0 Å². The third kappa shape index (κ3) is 4.70. The second kappa shape index (κ2) is 12.1. The first-order valence-electron chi connectivity index (χ1n) is 18.2. The van der Waals surface area contributed by atoms with Gasteiger partial charge in [0.25, 0.3) is 0 Å². The zero-order chi connectivity index (χ0) is 35.6. The van der Waals surface area contributed by atoms with E-state index in [0.717, 1.165) is 27.9 Å². The summed E-state index contributed by atoms with van der Waals surface area (Å²) in [4.78, 5) is 0. The highest BCUT2D eigenvalue weighted by atomic mass is 16.4. The van der Waals surface area contributed by atoms with E-state index in [1.54, 1.807) is 0 Å². The van der Waals surface area contributed by atoms with Gasteiger partial charge in [-0.05, 0) is 104 Å². The topological polar surface area (TPSA) is 43.9 Å². The van der Waals surface area contributed by atoms with Crippen molar-refractivity contribution in [3.05, 3.63) is 188 Å². The molecule has 2 aromatic heterocycles. The normalized spacial score (nSPS) is 11.7. The van der Waals surface area contributed by atoms with Crippen LogP contribution >= 0.6 is 0 Å². The predicted octanol–water partition coefficient (Wildman–Crippen LogP) is 13.3. The standard InChI is InChI=1S/C50H31N3O/c1-4-14-33(15-5-1)42-31-43-39-21-11-13-23-41(39)47-44-30-36(32-24-26-35(27-25-32)50-52-51-49(54-50)34-16-6-2-7-17-34)28-29-45(44)53(37-18-8-3-9-19-37)48(47)46(43)40-22-12-10-20-38(40)42/h1-31H. The van der Waals surface area contributed by atoms with Crippen LogP contribution in [0.3, 0.4) is 0 Å². The van der Waals surface area contributed by atoms with Gasteiger partial charge in [0.1, 0.15) is 0 Å². The Balaban J connectivity index is 1.17. The molecule has 0 unspecified atom stereocenters. The lowest BCUT2D eigenvalue weighted by Crippen LogP contribution is -1.95. The highest BCUT2D eigenvalue weighted by Gasteiger charge is 2.22. The Morgan fingerprint density at radius 3 is 1.54 bits per heavy atom. The van der Waals surface area contributed by atoms with E-state index in [0.29, 0.717) is 11.8 Å². The van der Waals surface area contributed by atoms with Crippen molar-refractivity contribution in [2.75, 3.05) is 0 Å². The van der Waals surface area contributed by atoms with Crippen LogP contribution in [0.15, 0.2) is 192 Å². The maximum absolute atomic E-state index is 6.07. The third-order valence-electron chi connectivity index (χ3n) is 10.7. The van der Waals surface area contributed by atoms with Gasteiger partial charge in [-0.25, -0.2) is 0 Å². The number of para-hydroxylation sites is 1. The van der Waals surface area contributed by atoms with E-state index in [9.17, 15) is 0 Å². The van der Waals surface area contributed by atoms with Crippen LogP contribution in [0.25, 0.3) is 105 Å². The molecule has 11 rings (SSSR count). The van der Waals surface area contributed by atoms with Crippen molar-refractivity contribution in [1.82, 2.24) is 14.8 Å². The molecule has 0 saturated heterocycles. The van der Waals surface area contributed by atoms with Crippen molar-refractivity contribution in [2.45, 2.75) is 0 Å². The van der Waals surface area contributed by atoms with Crippen molar-refractivity contribution in [2.24, 2.45) is 0 Å². The second-order valence-electron chi connectivity index (χ2n) is 13.8. The molecule has 2 heterocycles. The summed E-state index contributed by atoms with van der Waals surface area (Å²) in [5.74, 6) is 1.02. The monoisotopic (exact) mass is 689 g/mol. The lowest BCUT2D eigenvalue weighted by molar-refractivity contribution is 0.584. The van der Waals surface area contributed by atoms with E-state index in [-0.39, 0.29) is 0 Å². The van der Waals surface area contributed by atoms with Crippen LogP contribution in [-0.2, 0) is 0 Å². The Bertz CT molecular complexity index is 3180. The first-order valence-corrected chi connectivity index (χ1v) is 18.2. The summed E-state index contributed by atoms with van der Waals surface area (Å²) < 4.78 is 8.54. The van der Waals surface area contributed by atoms with Gasteiger partial charge >= 0.3 is 0 Å². The van der Waals surface area contributed by atoms with Gasteiger partial charge in [-0.3, -0.25) is 0 Å². The quantitative estimate of drug-likeness (QED) is 0.169. The summed E-state index contributed by atoms with van der Waals surface area (Å²) in [6, 6.07) is 66.9. The molecule has 0 aliphatic heterocycles. The summed E-state index contributed by atoms with van der Waals surface area (Å²) in [5, 5.41) is 18.6. The van der Waals surface area contributed by atoms with Gasteiger partial charge in [-0.15, -0.1) is 10.2 Å².